The van der Waals surface area contributed by atoms with Crippen molar-refractivity contribution in [2.75, 3.05) is 66.1 Å². The molecule has 0 radical (unpaired) electrons. The number of aliphatic hydroxyl groups excluding tert-OH is 1. The molecular weight excluding hydrogens is 931 g/mol. The Morgan fingerprint density at radius 2 is 1.08 bits per heavy atom. The summed E-state index contributed by atoms with van der Waals surface area (Å²) in [7, 11) is 0. The molecule has 416 valence electrons. The third-order valence-electron chi connectivity index (χ3n) is 12.6. The van der Waals surface area contributed by atoms with Gasteiger partial charge in [-0.1, -0.05) is 117 Å². The van der Waals surface area contributed by atoms with Gasteiger partial charge in [-0.2, -0.15) is 0 Å². The van der Waals surface area contributed by atoms with Crippen molar-refractivity contribution in [3.63, 3.8) is 0 Å². The van der Waals surface area contributed by atoms with Crippen LogP contribution in [0.25, 0.3) is 10.4 Å². The van der Waals surface area contributed by atoms with Crippen LogP contribution in [-0.4, -0.2) is 163 Å². The molecule has 0 saturated carbocycles. The van der Waals surface area contributed by atoms with Crippen LogP contribution in [0, 0.1) is 0 Å². The Morgan fingerprint density at radius 1 is 0.611 bits per heavy atom. The van der Waals surface area contributed by atoms with Crippen molar-refractivity contribution in [2.45, 2.75) is 238 Å². The maximum absolute atomic E-state index is 14.3. The van der Waals surface area contributed by atoms with Crippen molar-refractivity contribution >= 4 is 5.97 Å². The van der Waals surface area contributed by atoms with E-state index in [0.29, 0.717) is 51.4 Å². The fraction of sp³-hybridized carbons (Fsp3) is 0.870. The Labute approximate surface area is 432 Å². The highest BCUT2D eigenvalue weighted by molar-refractivity contribution is 5.89. The van der Waals surface area contributed by atoms with Crippen molar-refractivity contribution in [1.29, 1.82) is 0 Å². The molecule has 2 saturated heterocycles. The molecule has 2 fully saturated rings. The molecular formula is C54H95N3O15. The standard InChI is InChI=1S/C54H95N3O15/c1-10-18-30-60-37-41-45(64-33-21-13-4)47(65-34-22-14-5)49(67-36-24-16-7)53(69-41)72-46-42(38-61-31-19-11-2)70-54(50(48(46)66-35-23-15-6)71-51(58)40-28-26-25-27-29-40)68-39(9)44(63-32-20-12-3)43(56-57-55)52(59)62-17-8/h25-29,39,41-50,52-54,59H,10-24,30-38H2,1-9H3/t39-,41?,42?,43+,44?,45+,46+,47+,48?,49?,50+,52+,53-,54-/m1/s1. The van der Waals surface area contributed by atoms with E-state index in [2.05, 4.69) is 51.6 Å². The van der Waals surface area contributed by atoms with Crippen LogP contribution in [0.1, 0.15) is 163 Å². The highest BCUT2D eigenvalue weighted by Gasteiger charge is 2.56. The molecule has 2 aliphatic heterocycles. The highest BCUT2D eigenvalue weighted by atomic mass is 16.8. The topological polar surface area (TPSA) is 206 Å². The van der Waals surface area contributed by atoms with Crippen molar-refractivity contribution in [3.05, 3.63) is 46.3 Å². The van der Waals surface area contributed by atoms with Gasteiger partial charge in [-0.3, -0.25) is 0 Å². The largest absolute Gasteiger partial charge is 0.450 e. The zero-order chi connectivity index (χ0) is 52.4. The van der Waals surface area contributed by atoms with Crippen LogP contribution < -0.4 is 0 Å². The molecule has 0 aromatic heterocycles. The number of hydrogen-bond donors (Lipinski definition) is 1. The smallest absolute Gasteiger partial charge is 0.338 e. The second-order valence-corrected chi connectivity index (χ2v) is 18.6. The minimum absolute atomic E-state index is 0.0452. The molecule has 1 aromatic carbocycles. The average Bonchev–Trinajstić information content (AvgIpc) is 3.38. The van der Waals surface area contributed by atoms with Gasteiger partial charge >= 0.3 is 5.97 Å². The number of unbranched alkanes of at least 4 members (excludes halogenated alkanes) is 7. The summed E-state index contributed by atoms with van der Waals surface area (Å²) in [5.41, 5.74) is 10.0. The summed E-state index contributed by atoms with van der Waals surface area (Å²) in [5.74, 6) is -0.643. The SMILES string of the molecule is CCCCOCC1O[C@@H](O[C@H](C)C(OCCCC)[C@H](N=[N+]=[N-])[C@@H](O)OCC)[C@@H](OC(=O)c2ccccc2)C(OCCCC)[C@H]1O[C@H]1OC(COCCCC)[C@H](OCCCC)[C@H](OCCCC)C1OCCCC. The van der Waals surface area contributed by atoms with Gasteiger partial charge in [-0.15, -0.1) is 0 Å². The van der Waals surface area contributed by atoms with E-state index in [-0.39, 0.29) is 33.0 Å². The Kier molecular flexibility index (Phi) is 34.5. The second-order valence-electron chi connectivity index (χ2n) is 18.6. The molecule has 0 bridgehead atoms. The van der Waals surface area contributed by atoms with Crippen molar-refractivity contribution < 1.29 is 71.5 Å². The lowest BCUT2D eigenvalue weighted by Crippen LogP contribution is -2.67. The Hall–Kier alpha value is -2.52. The Bertz CT molecular complexity index is 1550. The summed E-state index contributed by atoms with van der Waals surface area (Å²) in [6, 6.07) is 7.45. The average molecular weight is 1030 g/mol. The number of carbonyl (C=O) groups excluding carboxylic acids is 1. The zero-order valence-corrected chi connectivity index (χ0v) is 45.4. The van der Waals surface area contributed by atoms with Gasteiger partial charge in [0.15, 0.2) is 25.0 Å². The van der Waals surface area contributed by atoms with E-state index >= 15 is 0 Å². The first-order valence-corrected chi connectivity index (χ1v) is 27.6. The van der Waals surface area contributed by atoms with Gasteiger partial charge in [0.2, 0.25) is 0 Å². The van der Waals surface area contributed by atoms with Gasteiger partial charge < -0.3 is 66.7 Å². The van der Waals surface area contributed by atoms with Crippen LogP contribution in [0.4, 0.5) is 0 Å². The van der Waals surface area contributed by atoms with Crippen molar-refractivity contribution in [2.24, 2.45) is 5.11 Å². The number of carbonyl (C=O) groups is 1. The molecule has 72 heavy (non-hydrogen) atoms. The molecule has 0 aliphatic carbocycles. The van der Waals surface area contributed by atoms with E-state index in [1.165, 1.54) is 0 Å². The zero-order valence-electron chi connectivity index (χ0n) is 45.4. The molecule has 0 amide bonds. The van der Waals surface area contributed by atoms with E-state index in [4.69, 9.17) is 61.6 Å². The predicted molar refractivity (Wildman–Crippen MR) is 274 cm³/mol. The van der Waals surface area contributed by atoms with Crippen LogP contribution in [-0.2, 0) is 61.6 Å². The third-order valence-corrected chi connectivity index (χ3v) is 12.6. The molecule has 18 nitrogen and oxygen atoms in total. The molecule has 5 unspecified atom stereocenters. The van der Waals surface area contributed by atoms with Crippen molar-refractivity contribution in [3.8, 4) is 0 Å². The Balaban J connectivity index is 2.29. The van der Waals surface area contributed by atoms with E-state index in [9.17, 15) is 15.4 Å². The maximum Gasteiger partial charge on any atom is 0.338 e. The van der Waals surface area contributed by atoms with Crippen LogP contribution in [0.3, 0.4) is 0 Å². The quantitative estimate of drug-likeness (QED) is 0.0161. The van der Waals surface area contributed by atoms with E-state index < -0.39 is 91.9 Å². The molecule has 2 aliphatic rings. The lowest BCUT2D eigenvalue weighted by Gasteiger charge is -2.50. The Morgan fingerprint density at radius 3 is 1.61 bits per heavy atom. The number of ether oxygens (including phenoxy) is 13. The lowest BCUT2D eigenvalue weighted by atomic mass is 9.95. The van der Waals surface area contributed by atoms with Crippen molar-refractivity contribution in [1.82, 2.24) is 0 Å². The first kappa shape index (κ1) is 63.8. The number of nitrogens with zero attached hydrogens (tertiary/aromatic N) is 3. The van der Waals surface area contributed by atoms with E-state index in [1.807, 2.05) is 13.0 Å². The summed E-state index contributed by atoms with van der Waals surface area (Å²) in [6.07, 6.45) is -0.717. The minimum Gasteiger partial charge on any atom is -0.450 e. The first-order valence-electron chi connectivity index (χ1n) is 27.6. The molecule has 2 heterocycles. The number of benzene rings is 1. The number of aliphatic hydroxyl groups is 1. The maximum atomic E-state index is 14.3. The van der Waals surface area contributed by atoms with E-state index in [1.54, 1.807) is 38.1 Å². The minimum atomic E-state index is -1.51. The first-order chi connectivity index (χ1) is 35.2. The number of esters is 1. The fourth-order valence-electron chi connectivity index (χ4n) is 8.34. The lowest BCUT2D eigenvalue weighted by molar-refractivity contribution is -0.375. The summed E-state index contributed by atoms with van der Waals surface area (Å²) < 4.78 is 86.4. The van der Waals surface area contributed by atoms with Gasteiger partial charge in [0.25, 0.3) is 0 Å². The third kappa shape index (κ3) is 22.0. The monoisotopic (exact) mass is 1030 g/mol. The normalized spacial score (nSPS) is 26.1. The summed E-state index contributed by atoms with van der Waals surface area (Å²) in [5, 5.41) is 15.1. The van der Waals surface area contributed by atoms with Gasteiger partial charge in [-0.25, -0.2) is 4.79 Å². The van der Waals surface area contributed by atoms with Gasteiger partial charge in [-0.05, 0) is 76.5 Å². The molecule has 1 N–H and O–H groups in total. The van der Waals surface area contributed by atoms with Gasteiger partial charge in [0.05, 0.1) is 31.0 Å². The molecule has 3 rings (SSSR count). The summed E-state index contributed by atoms with van der Waals surface area (Å²) >= 11 is 0. The van der Waals surface area contributed by atoms with Gasteiger partial charge in [0, 0.05) is 57.8 Å². The fourth-order valence-corrected chi connectivity index (χ4v) is 8.34. The number of azide groups is 1. The summed E-state index contributed by atoms with van der Waals surface area (Å²) in [4.78, 5) is 17.4. The molecule has 0 spiro atoms. The van der Waals surface area contributed by atoms with Crippen LogP contribution in [0.2, 0.25) is 0 Å². The van der Waals surface area contributed by atoms with Crippen LogP contribution in [0.5, 0.6) is 0 Å². The van der Waals surface area contributed by atoms with Crippen LogP contribution >= 0.6 is 0 Å². The van der Waals surface area contributed by atoms with E-state index in [0.717, 1.165) is 77.0 Å². The van der Waals surface area contributed by atoms with Crippen LogP contribution in [0.15, 0.2) is 35.4 Å². The predicted octanol–water partition coefficient (Wildman–Crippen LogP) is 10.0. The second kappa shape index (κ2) is 38.9. The molecule has 14 atom stereocenters. The number of hydrogen-bond acceptors (Lipinski definition) is 16. The van der Waals surface area contributed by atoms with Gasteiger partial charge in [0.1, 0.15) is 48.8 Å². The number of rotatable bonds is 42. The molecule has 18 heteroatoms. The highest BCUT2D eigenvalue weighted by Crippen LogP contribution is 2.37. The molecule has 1 aromatic rings. The summed E-state index contributed by atoms with van der Waals surface area (Å²) in [6.45, 7) is 21.5.